The Bertz CT molecular complexity index is 500. The molecule has 2 N–H and O–H groups in total. The van der Waals surface area contributed by atoms with E-state index in [9.17, 15) is 8.42 Å². The fourth-order valence-electron chi connectivity index (χ4n) is 2.33. The summed E-state index contributed by atoms with van der Waals surface area (Å²) in [6, 6.07) is 0. The van der Waals surface area contributed by atoms with Crippen molar-refractivity contribution in [3.8, 4) is 0 Å². The number of H-pyrrole nitrogens is 1. The molecular formula is C11H18BrN3O2S. The molecule has 1 aliphatic rings. The number of halogens is 1. The number of hydrogen-bond donors (Lipinski definition) is 2. The predicted molar refractivity (Wildman–Crippen MR) is 73.2 cm³/mol. The third-order valence-electron chi connectivity index (χ3n) is 3.35. The maximum atomic E-state index is 12.1. The van der Waals surface area contributed by atoms with Crippen LogP contribution in [-0.2, 0) is 10.0 Å². The van der Waals surface area contributed by atoms with Gasteiger partial charge in [-0.15, -0.1) is 0 Å². The Morgan fingerprint density at radius 1 is 1.56 bits per heavy atom. The van der Waals surface area contributed by atoms with Crippen LogP contribution in [0.4, 0.5) is 0 Å². The van der Waals surface area contributed by atoms with E-state index in [-0.39, 0.29) is 4.90 Å². The van der Waals surface area contributed by atoms with Gasteiger partial charge in [0.15, 0.2) is 0 Å². The van der Waals surface area contributed by atoms with E-state index in [0.717, 1.165) is 19.3 Å². The zero-order valence-electron chi connectivity index (χ0n) is 10.3. The van der Waals surface area contributed by atoms with Crippen molar-refractivity contribution in [3.05, 3.63) is 11.9 Å². The van der Waals surface area contributed by atoms with Crippen molar-refractivity contribution in [1.29, 1.82) is 0 Å². The first kappa shape index (κ1) is 14.0. The van der Waals surface area contributed by atoms with Gasteiger partial charge in [0.2, 0.25) is 10.0 Å². The van der Waals surface area contributed by atoms with Crippen molar-refractivity contribution in [2.24, 2.45) is 5.92 Å². The molecule has 2 rings (SSSR count). The molecule has 0 spiro atoms. The van der Waals surface area contributed by atoms with Crippen molar-refractivity contribution in [1.82, 2.24) is 14.9 Å². The van der Waals surface area contributed by atoms with Gasteiger partial charge in [-0.1, -0.05) is 22.4 Å². The second-order valence-electron chi connectivity index (χ2n) is 4.84. The van der Waals surface area contributed by atoms with Crippen LogP contribution in [0.5, 0.6) is 0 Å². The Morgan fingerprint density at radius 3 is 2.94 bits per heavy atom. The van der Waals surface area contributed by atoms with Crippen LogP contribution in [-0.4, -0.2) is 30.0 Å². The highest BCUT2D eigenvalue weighted by Gasteiger charge is 2.23. The normalized spacial score (nSPS) is 25.2. The molecule has 1 heterocycles. The number of nitrogens with one attached hydrogen (secondary N) is 2. The molecular weight excluding hydrogens is 318 g/mol. The summed E-state index contributed by atoms with van der Waals surface area (Å²) in [6.45, 7) is 2.21. The maximum Gasteiger partial charge on any atom is 0.243 e. The minimum absolute atomic E-state index is 0.244. The van der Waals surface area contributed by atoms with Gasteiger partial charge in [0.1, 0.15) is 4.90 Å². The highest BCUT2D eigenvalue weighted by Crippen LogP contribution is 2.28. The molecule has 0 aromatic carbocycles. The summed E-state index contributed by atoms with van der Waals surface area (Å²) in [7, 11) is -3.42. The second kappa shape index (κ2) is 5.71. The van der Waals surface area contributed by atoms with Gasteiger partial charge >= 0.3 is 0 Å². The Hall–Kier alpha value is -0.400. The number of aromatic nitrogens is 2. The van der Waals surface area contributed by atoms with Crippen LogP contribution in [0, 0.1) is 12.8 Å². The van der Waals surface area contributed by atoms with E-state index in [0.29, 0.717) is 23.0 Å². The van der Waals surface area contributed by atoms with E-state index in [1.54, 1.807) is 6.92 Å². The van der Waals surface area contributed by atoms with Gasteiger partial charge in [-0.25, -0.2) is 13.1 Å². The summed E-state index contributed by atoms with van der Waals surface area (Å²) >= 11 is 3.61. The molecule has 0 radical (unpaired) electrons. The Labute approximate surface area is 116 Å². The van der Waals surface area contributed by atoms with Gasteiger partial charge < -0.3 is 0 Å². The Kier molecular flexibility index (Phi) is 4.45. The predicted octanol–water partition coefficient (Wildman–Crippen LogP) is 1.95. The summed E-state index contributed by atoms with van der Waals surface area (Å²) in [5, 5.41) is 6.39. The number of sulfonamides is 1. The molecule has 102 valence electrons. The van der Waals surface area contributed by atoms with Gasteiger partial charge in [-0.2, -0.15) is 5.10 Å². The van der Waals surface area contributed by atoms with Gasteiger partial charge in [-0.3, -0.25) is 5.10 Å². The van der Waals surface area contributed by atoms with Crippen molar-refractivity contribution in [3.63, 3.8) is 0 Å². The minimum Gasteiger partial charge on any atom is -0.281 e. The zero-order valence-corrected chi connectivity index (χ0v) is 12.7. The van der Waals surface area contributed by atoms with E-state index in [4.69, 9.17) is 0 Å². The van der Waals surface area contributed by atoms with E-state index < -0.39 is 10.0 Å². The Balaban J connectivity index is 1.95. The molecule has 0 saturated heterocycles. The van der Waals surface area contributed by atoms with Crippen molar-refractivity contribution >= 4 is 26.0 Å². The van der Waals surface area contributed by atoms with Crippen molar-refractivity contribution in [2.75, 3.05) is 6.54 Å². The zero-order chi connectivity index (χ0) is 13.2. The SMILES string of the molecule is Cc1[nH]ncc1S(=O)(=O)NCC1CCCC(Br)C1. The molecule has 2 atom stereocenters. The standard InChI is InChI=1S/C11H18BrN3O2S/c1-8-11(7-13-15-8)18(16,17)14-6-9-3-2-4-10(12)5-9/h7,9-10,14H,2-6H2,1H3,(H,13,15). The number of rotatable bonds is 4. The molecule has 5 nitrogen and oxygen atoms in total. The topological polar surface area (TPSA) is 74.8 Å². The first-order chi connectivity index (χ1) is 8.49. The molecule has 2 unspecified atom stereocenters. The summed E-state index contributed by atoms with van der Waals surface area (Å²) in [6.07, 6.45) is 5.82. The molecule has 1 saturated carbocycles. The van der Waals surface area contributed by atoms with E-state index >= 15 is 0 Å². The molecule has 1 fully saturated rings. The molecule has 7 heteroatoms. The van der Waals surface area contributed by atoms with E-state index in [2.05, 4.69) is 30.8 Å². The Morgan fingerprint density at radius 2 is 2.33 bits per heavy atom. The van der Waals surface area contributed by atoms with E-state index in [1.165, 1.54) is 12.6 Å². The molecule has 1 aromatic rings. The lowest BCUT2D eigenvalue weighted by molar-refractivity contribution is 0.368. The molecule has 1 aromatic heterocycles. The summed E-state index contributed by atoms with van der Waals surface area (Å²) in [5.41, 5.74) is 0.574. The third-order valence-corrected chi connectivity index (χ3v) is 5.72. The fraction of sp³-hybridized carbons (Fsp3) is 0.727. The van der Waals surface area contributed by atoms with Gasteiger partial charge in [0.05, 0.1) is 11.9 Å². The largest absolute Gasteiger partial charge is 0.281 e. The van der Waals surface area contributed by atoms with Crippen LogP contribution in [0.3, 0.4) is 0 Å². The van der Waals surface area contributed by atoms with Crippen LogP contribution < -0.4 is 4.72 Å². The lowest BCUT2D eigenvalue weighted by Gasteiger charge is -2.25. The molecule has 1 aliphatic carbocycles. The van der Waals surface area contributed by atoms with Crippen LogP contribution in [0.15, 0.2) is 11.1 Å². The lowest BCUT2D eigenvalue weighted by Crippen LogP contribution is -2.32. The summed E-state index contributed by atoms with van der Waals surface area (Å²) in [5.74, 6) is 0.421. The highest BCUT2D eigenvalue weighted by molar-refractivity contribution is 9.09. The van der Waals surface area contributed by atoms with Crippen molar-refractivity contribution in [2.45, 2.75) is 42.3 Å². The molecule has 0 amide bonds. The quantitative estimate of drug-likeness (QED) is 0.826. The summed E-state index contributed by atoms with van der Waals surface area (Å²) < 4.78 is 26.8. The van der Waals surface area contributed by atoms with Gasteiger partial charge in [0, 0.05) is 11.4 Å². The average molecular weight is 336 g/mol. The van der Waals surface area contributed by atoms with Crippen LogP contribution >= 0.6 is 15.9 Å². The van der Waals surface area contributed by atoms with E-state index in [1.807, 2.05) is 0 Å². The first-order valence-electron chi connectivity index (χ1n) is 6.13. The lowest BCUT2D eigenvalue weighted by atomic mass is 9.89. The van der Waals surface area contributed by atoms with Crippen LogP contribution in [0.25, 0.3) is 0 Å². The fourth-order valence-corrected chi connectivity index (χ4v) is 4.43. The number of alkyl halides is 1. The maximum absolute atomic E-state index is 12.1. The van der Waals surface area contributed by atoms with Crippen LogP contribution in [0.1, 0.15) is 31.4 Å². The monoisotopic (exact) mass is 335 g/mol. The van der Waals surface area contributed by atoms with Gasteiger partial charge in [0.25, 0.3) is 0 Å². The smallest absolute Gasteiger partial charge is 0.243 e. The van der Waals surface area contributed by atoms with Crippen molar-refractivity contribution < 1.29 is 8.42 Å². The summed E-state index contributed by atoms with van der Waals surface area (Å²) in [4.78, 5) is 0.769. The number of aromatic amines is 1. The molecule has 18 heavy (non-hydrogen) atoms. The highest BCUT2D eigenvalue weighted by atomic mass is 79.9. The second-order valence-corrected chi connectivity index (χ2v) is 7.87. The first-order valence-corrected chi connectivity index (χ1v) is 8.52. The minimum atomic E-state index is -3.42. The number of aryl methyl sites for hydroxylation is 1. The molecule has 0 aliphatic heterocycles. The number of nitrogens with zero attached hydrogens (tertiary/aromatic N) is 1. The van der Waals surface area contributed by atoms with Crippen LogP contribution in [0.2, 0.25) is 0 Å². The molecule has 0 bridgehead atoms. The average Bonchev–Trinajstić information content (AvgIpc) is 2.74. The third kappa shape index (κ3) is 3.33. The van der Waals surface area contributed by atoms with Gasteiger partial charge in [-0.05, 0) is 32.1 Å². The number of hydrogen-bond acceptors (Lipinski definition) is 3.